The van der Waals surface area contributed by atoms with Gasteiger partial charge in [-0.25, -0.2) is 0 Å². The maximum absolute atomic E-state index is 12.8. The van der Waals surface area contributed by atoms with Crippen LogP contribution in [-0.4, -0.2) is 33.0 Å². The minimum absolute atomic E-state index is 0.0196. The fourth-order valence-corrected chi connectivity index (χ4v) is 3.45. The number of hydrogen-bond acceptors (Lipinski definition) is 5. The van der Waals surface area contributed by atoms with Crippen molar-refractivity contribution in [2.24, 2.45) is 0 Å². The molecule has 1 aliphatic carbocycles. The Bertz CT molecular complexity index is 806. The molecule has 0 saturated heterocycles. The van der Waals surface area contributed by atoms with Gasteiger partial charge in [-0.3, -0.25) is 4.79 Å². The van der Waals surface area contributed by atoms with E-state index in [1.54, 1.807) is 11.2 Å². The van der Waals surface area contributed by atoms with Crippen molar-refractivity contribution in [3.8, 4) is 6.07 Å². The molecule has 0 radical (unpaired) electrons. The van der Waals surface area contributed by atoms with E-state index >= 15 is 0 Å². The molecule has 1 aliphatic rings. The Morgan fingerprint density at radius 1 is 1.40 bits per heavy atom. The van der Waals surface area contributed by atoms with Gasteiger partial charge >= 0.3 is 0 Å². The summed E-state index contributed by atoms with van der Waals surface area (Å²) in [6, 6.07) is 8.56. The fraction of sp³-hybridized carbons (Fsp3) is 0.444. The minimum atomic E-state index is -0.0196. The first kappa shape index (κ1) is 17.5. The third-order valence-corrected chi connectivity index (χ3v) is 5.30. The molecule has 1 aromatic carbocycles. The molecule has 0 bridgehead atoms. The predicted octanol–water partition coefficient (Wildman–Crippen LogP) is 3.27. The summed E-state index contributed by atoms with van der Waals surface area (Å²) >= 11 is 1.41. The first-order valence-corrected chi connectivity index (χ1v) is 9.35. The lowest BCUT2D eigenvalue weighted by Crippen LogP contribution is -2.33. The van der Waals surface area contributed by atoms with Crippen molar-refractivity contribution < 1.29 is 4.79 Å². The van der Waals surface area contributed by atoms with Crippen molar-refractivity contribution in [3.05, 3.63) is 35.7 Å². The zero-order valence-corrected chi connectivity index (χ0v) is 15.3. The molecule has 0 N–H and O–H groups in total. The van der Waals surface area contributed by atoms with Crippen LogP contribution in [0.25, 0.3) is 0 Å². The summed E-state index contributed by atoms with van der Waals surface area (Å²) in [7, 11) is 0. The number of hydrogen-bond donors (Lipinski definition) is 0. The lowest BCUT2D eigenvalue weighted by Gasteiger charge is -2.22. The summed E-state index contributed by atoms with van der Waals surface area (Å²) in [4.78, 5) is 14.5. The van der Waals surface area contributed by atoms with E-state index < -0.39 is 0 Å². The van der Waals surface area contributed by atoms with Gasteiger partial charge in [0.2, 0.25) is 5.91 Å². The van der Waals surface area contributed by atoms with Crippen LogP contribution in [0.4, 0.5) is 5.69 Å². The largest absolute Gasteiger partial charge is 0.311 e. The van der Waals surface area contributed by atoms with Crippen molar-refractivity contribution in [3.63, 3.8) is 0 Å². The van der Waals surface area contributed by atoms with Crippen LogP contribution in [0.2, 0.25) is 0 Å². The van der Waals surface area contributed by atoms with Gasteiger partial charge in [-0.05, 0) is 49.9 Å². The summed E-state index contributed by atoms with van der Waals surface area (Å²) in [5.41, 5.74) is 3.16. The summed E-state index contributed by atoms with van der Waals surface area (Å²) in [5, 5.41) is 17.8. The number of aryl methyl sites for hydroxylation is 2. The Hall–Kier alpha value is -2.33. The van der Waals surface area contributed by atoms with Gasteiger partial charge in [-0.1, -0.05) is 17.8 Å². The fourth-order valence-electron chi connectivity index (χ4n) is 2.60. The summed E-state index contributed by atoms with van der Waals surface area (Å²) in [5.74, 6) is 0.262. The van der Waals surface area contributed by atoms with E-state index in [0.717, 1.165) is 29.2 Å². The minimum Gasteiger partial charge on any atom is -0.311 e. The number of nitriles is 1. The maximum atomic E-state index is 12.8. The van der Waals surface area contributed by atoms with E-state index in [0.29, 0.717) is 19.0 Å². The quantitative estimate of drug-likeness (QED) is 0.713. The van der Waals surface area contributed by atoms with Crippen LogP contribution < -0.4 is 4.90 Å². The molecule has 0 atom stereocenters. The molecule has 3 rings (SSSR count). The second-order valence-corrected chi connectivity index (χ2v) is 7.21. The zero-order chi connectivity index (χ0) is 17.8. The number of carbonyl (C=O) groups is 1. The van der Waals surface area contributed by atoms with Gasteiger partial charge < -0.3 is 9.47 Å². The Labute approximate surface area is 151 Å². The van der Waals surface area contributed by atoms with E-state index in [9.17, 15) is 4.79 Å². The molecular weight excluding hydrogens is 334 g/mol. The van der Waals surface area contributed by atoms with E-state index in [1.165, 1.54) is 17.3 Å². The molecule has 7 heteroatoms. The molecule has 0 aliphatic heterocycles. The number of anilines is 1. The van der Waals surface area contributed by atoms with Crippen molar-refractivity contribution >= 4 is 23.4 Å². The number of carbonyl (C=O) groups excluding carboxylic acids is 1. The zero-order valence-electron chi connectivity index (χ0n) is 14.5. The lowest BCUT2D eigenvalue weighted by atomic mass is 10.1. The van der Waals surface area contributed by atoms with Gasteiger partial charge in [0.15, 0.2) is 5.16 Å². The Kier molecular flexibility index (Phi) is 5.39. The molecular formula is C18H21N5OS. The standard InChI is InChI=1S/C18H21N5OS/c1-13-4-5-16(10-14(13)2)22(9-3-8-19)17(24)11-25-18-21-20-12-23(18)15-6-7-15/h4-5,10,12,15H,3,6-7,9,11H2,1-2H3. The highest BCUT2D eigenvalue weighted by atomic mass is 32.2. The van der Waals surface area contributed by atoms with Gasteiger partial charge in [0, 0.05) is 18.3 Å². The van der Waals surface area contributed by atoms with Gasteiger partial charge in [0.05, 0.1) is 18.2 Å². The van der Waals surface area contributed by atoms with Gasteiger partial charge in [0.1, 0.15) is 6.33 Å². The van der Waals surface area contributed by atoms with Crippen LogP contribution in [0.1, 0.15) is 36.4 Å². The number of benzene rings is 1. The number of aromatic nitrogens is 3. The van der Waals surface area contributed by atoms with Crippen LogP contribution >= 0.6 is 11.8 Å². The number of rotatable bonds is 7. The SMILES string of the molecule is Cc1ccc(N(CCC#N)C(=O)CSc2nncn2C2CC2)cc1C. The molecule has 0 spiro atoms. The number of nitrogens with zero attached hydrogens (tertiary/aromatic N) is 5. The van der Waals surface area contributed by atoms with E-state index in [1.807, 2.05) is 36.6 Å². The van der Waals surface area contributed by atoms with Crippen molar-refractivity contribution in [1.82, 2.24) is 14.8 Å². The second kappa shape index (κ2) is 7.70. The lowest BCUT2D eigenvalue weighted by molar-refractivity contribution is -0.116. The molecule has 6 nitrogen and oxygen atoms in total. The first-order valence-electron chi connectivity index (χ1n) is 8.37. The van der Waals surface area contributed by atoms with Gasteiger partial charge in [0.25, 0.3) is 0 Å². The third-order valence-electron chi connectivity index (χ3n) is 4.36. The van der Waals surface area contributed by atoms with E-state index in [-0.39, 0.29) is 11.7 Å². The topological polar surface area (TPSA) is 74.8 Å². The van der Waals surface area contributed by atoms with Crippen LogP contribution in [0.5, 0.6) is 0 Å². The predicted molar refractivity (Wildman–Crippen MR) is 97.5 cm³/mol. The Morgan fingerprint density at radius 3 is 2.88 bits per heavy atom. The smallest absolute Gasteiger partial charge is 0.237 e. The normalized spacial score (nSPS) is 13.5. The second-order valence-electron chi connectivity index (χ2n) is 6.26. The van der Waals surface area contributed by atoms with E-state index in [4.69, 9.17) is 5.26 Å². The number of thioether (sulfide) groups is 1. The highest BCUT2D eigenvalue weighted by molar-refractivity contribution is 7.99. The molecule has 1 fully saturated rings. The highest BCUT2D eigenvalue weighted by Gasteiger charge is 2.27. The summed E-state index contributed by atoms with van der Waals surface area (Å²) < 4.78 is 2.05. The highest BCUT2D eigenvalue weighted by Crippen LogP contribution is 2.37. The number of amides is 1. The monoisotopic (exact) mass is 355 g/mol. The molecule has 130 valence electrons. The molecule has 1 aromatic heterocycles. The average Bonchev–Trinajstić information content (AvgIpc) is 3.34. The van der Waals surface area contributed by atoms with Crippen molar-refractivity contribution in [2.45, 2.75) is 44.3 Å². The van der Waals surface area contributed by atoms with Crippen LogP contribution in [0.3, 0.4) is 0 Å². The van der Waals surface area contributed by atoms with Crippen LogP contribution in [0, 0.1) is 25.2 Å². The molecule has 2 aromatic rings. The van der Waals surface area contributed by atoms with Crippen molar-refractivity contribution in [1.29, 1.82) is 5.26 Å². The van der Waals surface area contributed by atoms with Gasteiger partial charge in [-0.15, -0.1) is 10.2 Å². The van der Waals surface area contributed by atoms with E-state index in [2.05, 4.69) is 16.3 Å². The van der Waals surface area contributed by atoms with Crippen LogP contribution in [-0.2, 0) is 4.79 Å². The van der Waals surface area contributed by atoms with Gasteiger partial charge in [-0.2, -0.15) is 5.26 Å². The third kappa shape index (κ3) is 4.20. The molecule has 0 unspecified atom stereocenters. The summed E-state index contributed by atoms with van der Waals surface area (Å²) in [6.07, 6.45) is 4.34. The molecule has 1 amide bonds. The van der Waals surface area contributed by atoms with Crippen LogP contribution in [0.15, 0.2) is 29.7 Å². The first-order chi connectivity index (χ1) is 12.1. The maximum Gasteiger partial charge on any atom is 0.237 e. The molecule has 25 heavy (non-hydrogen) atoms. The molecule has 1 heterocycles. The molecule has 1 saturated carbocycles. The van der Waals surface area contributed by atoms with Crippen molar-refractivity contribution in [2.75, 3.05) is 17.2 Å². The Morgan fingerprint density at radius 2 is 2.20 bits per heavy atom. The summed E-state index contributed by atoms with van der Waals surface area (Å²) in [6.45, 7) is 4.47. The Balaban J connectivity index is 1.71. The average molecular weight is 355 g/mol.